The Morgan fingerprint density at radius 2 is 1.57 bits per heavy atom. The largest absolute Gasteiger partial charge is 0.356 e. The van der Waals surface area contributed by atoms with Crippen molar-refractivity contribution < 1.29 is 13.2 Å². The smallest absolute Gasteiger partial charge is 0.243 e. The maximum atomic E-state index is 12.7. The molecule has 0 saturated carbocycles. The van der Waals surface area contributed by atoms with Gasteiger partial charge in [0, 0.05) is 19.6 Å². The van der Waals surface area contributed by atoms with Gasteiger partial charge in [-0.15, -0.1) is 0 Å². The van der Waals surface area contributed by atoms with E-state index >= 15 is 0 Å². The molecular formula is C24H26N2O3S. The monoisotopic (exact) mass is 422 g/mol. The van der Waals surface area contributed by atoms with Gasteiger partial charge in [0.05, 0.1) is 11.3 Å². The summed E-state index contributed by atoms with van der Waals surface area (Å²) in [5.41, 5.74) is 1.02. The average molecular weight is 423 g/mol. The van der Waals surface area contributed by atoms with Crippen molar-refractivity contribution in [3.8, 4) is 0 Å². The van der Waals surface area contributed by atoms with Crippen molar-refractivity contribution in [3.05, 3.63) is 78.4 Å². The molecule has 3 aromatic rings. The van der Waals surface area contributed by atoms with Gasteiger partial charge in [0.2, 0.25) is 15.9 Å². The lowest BCUT2D eigenvalue weighted by atomic mass is 9.98. The number of benzene rings is 3. The molecule has 1 fully saturated rings. The van der Waals surface area contributed by atoms with Crippen molar-refractivity contribution in [3.63, 3.8) is 0 Å². The van der Waals surface area contributed by atoms with Crippen LogP contribution in [0.4, 0.5) is 0 Å². The minimum atomic E-state index is -3.43. The lowest BCUT2D eigenvalue weighted by molar-refractivity contribution is -0.120. The summed E-state index contributed by atoms with van der Waals surface area (Å²) in [6.45, 7) is 1.56. The SMILES string of the molecule is O=C(Cc1cccc2ccccc12)NCC1CCN(S(=O)(=O)c2ccccc2)CC1. The maximum absolute atomic E-state index is 12.7. The van der Waals surface area contributed by atoms with Gasteiger partial charge in [-0.3, -0.25) is 4.79 Å². The van der Waals surface area contributed by atoms with Crippen LogP contribution < -0.4 is 5.32 Å². The number of piperidine rings is 1. The van der Waals surface area contributed by atoms with E-state index in [2.05, 4.69) is 5.32 Å². The van der Waals surface area contributed by atoms with E-state index in [0.717, 1.165) is 29.2 Å². The van der Waals surface area contributed by atoms with E-state index in [4.69, 9.17) is 0 Å². The number of carbonyl (C=O) groups excluding carboxylic acids is 1. The third-order valence-electron chi connectivity index (χ3n) is 5.77. The van der Waals surface area contributed by atoms with Crippen LogP contribution in [0.5, 0.6) is 0 Å². The van der Waals surface area contributed by atoms with Crippen molar-refractivity contribution in [2.75, 3.05) is 19.6 Å². The Labute approximate surface area is 177 Å². The number of rotatable bonds is 6. The summed E-state index contributed by atoms with van der Waals surface area (Å²) < 4.78 is 27.0. The summed E-state index contributed by atoms with van der Waals surface area (Å²) in [5.74, 6) is 0.300. The van der Waals surface area contributed by atoms with Crippen LogP contribution in [0.3, 0.4) is 0 Å². The molecule has 30 heavy (non-hydrogen) atoms. The predicted molar refractivity (Wildman–Crippen MR) is 119 cm³/mol. The van der Waals surface area contributed by atoms with Crippen LogP contribution in [-0.2, 0) is 21.2 Å². The lowest BCUT2D eigenvalue weighted by Gasteiger charge is -2.31. The predicted octanol–water partition coefficient (Wildman–Crippen LogP) is 3.60. The van der Waals surface area contributed by atoms with Gasteiger partial charge in [0.25, 0.3) is 0 Å². The molecule has 0 bridgehead atoms. The molecule has 0 aromatic heterocycles. The Kier molecular flexibility index (Phi) is 6.16. The van der Waals surface area contributed by atoms with Crippen LogP contribution in [-0.4, -0.2) is 38.3 Å². The topological polar surface area (TPSA) is 66.5 Å². The van der Waals surface area contributed by atoms with Crippen molar-refractivity contribution in [2.45, 2.75) is 24.2 Å². The van der Waals surface area contributed by atoms with Gasteiger partial charge in [0.1, 0.15) is 0 Å². The Morgan fingerprint density at radius 1 is 0.900 bits per heavy atom. The van der Waals surface area contributed by atoms with Crippen LogP contribution in [0.25, 0.3) is 10.8 Å². The van der Waals surface area contributed by atoms with Gasteiger partial charge in [-0.25, -0.2) is 8.42 Å². The number of carbonyl (C=O) groups is 1. The van der Waals surface area contributed by atoms with Crippen molar-refractivity contribution in [1.29, 1.82) is 0 Å². The fourth-order valence-corrected chi connectivity index (χ4v) is 5.53. The van der Waals surface area contributed by atoms with E-state index in [1.54, 1.807) is 28.6 Å². The maximum Gasteiger partial charge on any atom is 0.243 e. The highest BCUT2D eigenvalue weighted by Crippen LogP contribution is 2.23. The summed E-state index contributed by atoms with van der Waals surface area (Å²) in [6.07, 6.45) is 1.85. The van der Waals surface area contributed by atoms with E-state index < -0.39 is 10.0 Å². The molecule has 0 radical (unpaired) electrons. The van der Waals surface area contributed by atoms with E-state index in [9.17, 15) is 13.2 Å². The molecule has 1 heterocycles. The summed E-state index contributed by atoms with van der Waals surface area (Å²) in [5, 5.41) is 5.28. The van der Waals surface area contributed by atoms with Crippen LogP contribution in [0, 0.1) is 5.92 Å². The van der Waals surface area contributed by atoms with Crippen LogP contribution in [0.2, 0.25) is 0 Å². The molecule has 1 aliphatic heterocycles. The molecule has 0 unspecified atom stereocenters. The second kappa shape index (κ2) is 8.98. The second-order valence-electron chi connectivity index (χ2n) is 7.78. The molecule has 5 nitrogen and oxygen atoms in total. The van der Waals surface area contributed by atoms with Gasteiger partial charge >= 0.3 is 0 Å². The number of sulfonamides is 1. The van der Waals surface area contributed by atoms with Crippen molar-refractivity contribution in [2.24, 2.45) is 5.92 Å². The molecule has 3 aromatic carbocycles. The van der Waals surface area contributed by atoms with Crippen molar-refractivity contribution >= 4 is 26.7 Å². The van der Waals surface area contributed by atoms with Gasteiger partial charge in [-0.05, 0) is 47.2 Å². The van der Waals surface area contributed by atoms with E-state index in [1.807, 2.05) is 48.5 Å². The molecule has 0 spiro atoms. The molecule has 1 amide bonds. The Bertz CT molecular complexity index is 1120. The number of fused-ring (bicyclic) bond motifs is 1. The zero-order valence-corrected chi connectivity index (χ0v) is 17.6. The quantitative estimate of drug-likeness (QED) is 0.660. The molecule has 1 N–H and O–H groups in total. The first-order valence-corrected chi connectivity index (χ1v) is 11.8. The van der Waals surface area contributed by atoms with Crippen LogP contribution in [0.1, 0.15) is 18.4 Å². The number of hydrogen-bond donors (Lipinski definition) is 1. The third-order valence-corrected chi connectivity index (χ3v) is 7.69. The van der Waals surface area contributed by atoms with Crippen molar-refractivity contribution in [1.82, 2.24) is 9.62 Å². The summed E-state index contributed by atoms with van der Waals surface area (Å²) in [7, 11) is -3.43. The number of hydrogen-bond acceptors (Lipinski definition) is 3. The minimum absolute atomic E-state index is 0.00527. The van der Waals surface area contributed by atoms with Gasteiger partial charge in [0.15, 0.2) is 0 Å². The average Bonchev–Trinajstić information content (AvgIpc) is 2.79. The zero-order chi connectivity index (χ0) is 21.0. The molecule has 4 rings (SSSR count). The van der Waals surface area contributed by atoms with E-state index in [1.165, 1.54) is 0 Å². The molecule has 1 saturated heterocycles. The first-order chi connectivity index (χ1) is 14.5. The molecule has 1 aliphatic rings. The van der Waals surface area contributed by atoms with Gasteiger partial charge in [-0.1, -0.05) is 60.7 Å². The summed E-state index contributed by atoms with van der Waals surface area (Å²) >= 11 is 0. The molecule has 6 heteroatoms. The Balaban J connectivity index is 1.29. The summed E-state index contributed by atoms with van der Waals surface area (Å²) in [4.78, 5) is 12.8. The van der Waals surface area contributed by atoms with Gasteiger partial charge in [-0.2, -0.15) is 4.31 Å². The zero-order valence-electron chi connectivity index (χ0n) is 16.8. The Morgan fingerprint density at radius 3 is 2.33 bits per heavy atom. The Hall–Kier alpha value is -2.70. The molecule has 156 valence electrons. The van der Waals surface area contributed by atoms with Crippen LogP contribution >= 0.6 is 0 Å². The highest BCUT2D eigenvalue weighted by molar-refractivity contribution is 7.89. The third kappa shape index (κ3) is 4.55. The standard InChI is InChI=1S/C24H26N2O3S/c27-24(17-21-9-6-8-20-7-4-5-12-23(20)21)25-18-19-13-15-26(16-14-19)30(28,29)22-10-2-1-3-11-22/h1-12,19H,13-18H2,(H,25,27). The number of nitrogens with one attached hydrogen (secondary N) is 1. The first kappa shape index (κ1) is 20.6. The fourth-order valence-electron chi connectivity index (χ4n) is 4.04. The van der Waals surface area contributed by atoms with Gasteiger partial charge < -0.3 is 5.32 Å². The molecule has 0 aliphatic carbocycles. The van der Waals surface area contributed by atoms with Crippen LogP contribution in [0.15, 0.2) is 77.7 Å². The highest BCUT2D eigenvalue weighted by Gasteiger charge is 2.29. The molecule has 0 atom stereocenters. The fraction of sp³-hybridized carbons (Fsp3) is 0.292. The van der Waals surface area contributed by atoms with E-state index in [-0.39, 0.29) is 5.91 Å². The minimum Gasteiger partial charge on any atom is -0.356 e. The molecular weight excluding hydrogens is 396 g/mol. The number of nitrogens with zero attached hydrogens (tertiary/aromatic N) is 1. The second-order valence-corrected chi connectivity index (χ2v) is 9.72. The number of amides is 1. The van der Waals surface area contributed by atoms with E-state index in [0.29, 0.717) is 36.9 Å². The first-order valence-electron chi connectivity index (χ1n) is 10.3. The lowest BCUT2D eigenvalue weighted by Crippen LogP contribution is -2.41. The highest BCUT2D eigenvalue weighted by atomic mass is 32.2. The summed E-state index contributed by atoms with van der Waals surface area (Å²) in [6, 6.07) is 22.7. The normalized spacial score (nSPS) is 15.9.